The Morgan fingerprint density at radius 1 is 1.30 bits per heavy atom. The highest BCUT2D eigenvalue weighted by molar-refractivity contribution is 5.92. The molecule has 0 radical (unpaired) electrons. The van der Waals surface area contributed by atoms with Gasteiger partial charge in [-0.3, -0.25) is 4.79 Å². The van der Waals surface area contributed by atoms with Crippen molar-refractivity contribution < 1.29 is 22.7 Å². The molecule has 0 heterocycles. The van der Waals surface area contributed by atoms with Crippen molar-refractivity contribution in [2.45, 2.75) is 25.6 Å². The smallest absolute Gasteiger partial charge is 0.390 e. The third-order valence-electron chi connectivity index (χ3n) is 2.52. The molecular weight excluding hydrogens is 273 g/mol. The van der Waals surface area contributed by atoms with Gasteiger partial charge in [0.25, 0.3) is 0 Å². The Bertz CT molecular complexity index is 432. The van der Waals surface area contributed by atoms with Gasteiger partial charge in [-0.15, -0.1) is 0 Å². The summed E-state index contributed by atoms with van der Waals surface area (Å²) < 4.78 is 41.3. The lowest BCUT2D eigenvalue weighted by Crippen LogP contribution is -2.37. The zero-order valence-electron chi connectivity index (χ0n) is 11.3. The maximum atomic E-state index is 12.1. The van der Waals surface area contributed by atoms with E-state index >= 15 is 0 Å². The molecule has 0 aliphatic carbocycles. The molecule has 1 aromatic carbocycles. The fourth-order valence-corrected chi connectivity index (χ4v) is 1.57. The molecule has 1 aromatic rings. The number of methoxy groups -OCH3 is 1. The molecule has 0 spiro atoms. The highest BCUT2D eigenvalue weighted by atomic mass is 19.4. The van der Waals surface area contributed by atoms with Crippen molar-refractivity contribution in [3.8, 4) is 5.75 Å². The van der Waals surface area contributed by atoms with E-state index in [0.717, 1.165) is 0 Å². The standard InChI is InChI=1S/C13H17F3N2O2/c1-9(7-13(14,15)16)17-8-12(19)18-10-3-5-11(20-2)6-4-10/h3-6,9,17H,7-8H2,1-2H3,(H,18,19). The van der Waals surface area contributed by atoms with Crippen LogP contribution in [0.15, 0.2) is 24.3 Å². The number of hydrogen-bond acceptors (Lipinski definition) is 3. The van der Waals surface area contributed by atoms with Gasteiger partial charge in [-0.1, -0.05) is 0 Å². The van der Waals surface area contributed by atoms with Crippen molar-refractivity contribution in [2.24, 2.45) is 0 Å². The fourth-order valence-electron chi connectivity index (χ4n) is 1.57. The molecular formula is C13H17F3N2O2. The number of carbonyl (C=O) groups excluding carboxylic acids is 1. The molecule has 0 aliphatic heterocycles. The van der Waals surface area contributed by atoms with Crippen LogP contribution in [0.3, 0.4) is 0 Å². The molecule has 112 valence electrons. The second kappa shape index (κ2) is 7.14. The van der Waals surface area contributed by atoms with E-state index in [0.29, 0.717) is 11.4 Å². The molecule has 0 aromatic heterocycles. The van der Waals surface area contributed by atoms with Crippen LogP contribution in [0.4, 0.5) is 18.9 Å². The summed E-state index contributed by atoms with van der Waals surface area (Å²) in [6, 6.07) is 5.84. The summed E-state index contributed by atoms with van der Waals surface area (Å²) in [5.41, 5.74) is 0.557. The number of carbonyl (C=O) groups is 1. The van der Waals surface area contributed by atoms with Gasteiger partial charge in [-0.25, -0.2) is 0 Å². The quantitative estimate of drug-likeness (QED) is 0.846. The van der Waals surface area contributed by atoms with E-state index < -0.39 is 24.5 Å². The van der Waals surface area contributed by atoms with Crippen molar-refractivity contribution in [1.29, 1.82) is 0 Å². The van der Waals surface area contributed by atoms with Crippen molar-refractivity contribution in [3.63, 3.8) is 0 Å². The molecule has 20 heavy (non-hydrogen) atoms. The Labute approximate surface area is 115 Å². The normalized spacial score (nSPS) is 12.8. The van der Waals surface area contributed by atoms with Gasteiger partial charge < -0.3 is 15.4 Å². The number of benzene rings is 1. The molecule has 1 amide bonds. The molecule has 0 saturated carbocycles. The second-order valence-corrected chi connectivity index (χ2v) is 4.38. The Morgan fingerprint density at radius 2 is 1.90 bits per heavy atom. The van der Waals surface area contributed by atoms with Crippen LogP contribution in [0.25, 0.3) is 0 Å². The lowest BCUT2D eigenvalue weighted by Gasteiger charge is -2.15. The van der Waals surface area contributed by atoms with E-state index in [-0.39, 0.29) is 6.54 Å². The third kappa shape index (κ3) is 6.42. The summed E-state index contributed by atoms with van der Waals surface area (Å²) in [4.78, 5) is 11.6. The van der Waals surface area contributed by atoms with E-state index in [4.69, 9.17) is 4.74 Å². The van der Waals surface area contributed by atoms with Crippen LogP contribution in [0.2, 0.25) is 0 Å². The van der Waals surface area contributed by atoms with Crippen LogP contribution >= 0.6 is 0 Å². The molecule has 0 saturated heterocycles. The van der Waals surface area contributed by atoms with Gasteiger partial charge >= 0.3 is 6.18 Å². The van der Waals surface area contributed by atoms with Crippen LogP contribution in [0.1, 0.15) is 13.3 Å². The van der Waals surface area contributed by atoms with E-state index in [9.17, 15) is 18.0 Å². The van der Waals surface area contributed by atoms with E-state index in [1.807, 2.05) is 0 Å². The van der Waals surface area contributed by atoms with Crippen molar-refractivity contribution in [1.82, 2.24) is 5.32 Å². The molecule has 2 N–H and O–H groups in total. The second-order valence-electron chi connectivity index (χ2n) is 4.38. The van der Waals surface area contributed by atoms with Crippen LogP contribution in [0, 0.1) is 0 Å². The minimum absolute atomic E-state index is 0.177. The first kappa shape index (κ1) is 16.3. The van der Waals surface area contributed by atoms with E-state index in [2.05, 4.69) is 10.6 Å². The van der Waals surface area contributed by atoms with Gasteiger partial charge in [0.05, 0.1) is 20.1 Å². The topological polar surface area (TPSA) is 50.4 Å². The first-order valence-corrected chi connectivity index (χ1v) is 6.04. The maximum Gasteiger partial charge on any atom is 0.390 e. The molecule has 1 rings (SSSR count). The van der Waals surface area contributed by atoms with Crippen molar-refractivity contribution in [3.05, 3.63) is 24.3 Å². The molecule has 0 bridgehead atoms. The van der Waals surface area contributed by atoms with Gasteiger partial charge in [-0.2, -0.15) is 13.2 Å². The van der Waals surface area contributed by atoms with Gasteiger partial charge in [-0.05, 0) is 31.2 Å². The number of rotatable bonds is 6. The summed E-state index contributed by atoms with van der Waals surface area (Å²) in [6.45, 7) is 1.21. The maximum absolute atomic E-state index is 12.1. The predicted octanol–water partition coefficient (Wildman–Crippen LogP) is 2.56. The molecule has 4 nitrogen and oxygen atoms in total. The molecule has 1 atom stereocenters. The first-order chi connectivity index (χ1) is 9.30. The zero-order valence-corrected chi connectivity index (χ0v) is 11.3. The van der Waals surface area contributed by atoms with Crippen LogP contribution in [-0.4, -0.2) is 31.8 Å². The van der Waals surface area contributed by atoms with Crippen LogP contribution < -0.4 is 15.4 Å². The van der Waals surface area contributed by atoms with Gasteiger partial charge in [0.1, 0.15) is 5.75 Å². The Hall–Kier alpha value is -1.76. The highest BCUT2D eigenvalue weighted by Crippen LogP contribution is 2.21. The number of hydrogen-bond donors (Lipinski definition) is 2. The fraction of sp³-hybridized carbons (Fsp3) is 0.462. The molecule has 7 heteroatoms. The van der Waals surface area contributed by atoms with E-state index in [1.165, 1.54) is 14.0 Å². The van der Waals surface area contributed by atoms with E-state index in [1.54, 1.807) is 24.3 Å². The summed E-state index contributed by atoms with van der Waals surface area (Å²) in [6.07, 6.45) is -5.21. The minimum atomic E-state index is -4.24. The predicted molar refractivity (Wildman–Crippen MR) is 69.8 cm³/mol. The van der Waals surface area contributed by atoms with Crippen LogP contribution in [0.5, 0.6) is 5.75 Å². The number of halogens is 3. The van der Waals surface area contributed by atoms with Gasteiger partial charge in [0.2, 0.25) is 5.91 Å². The number of amides is 1. The largest absolute Gasteiger partial charge is 0.497 e. The molecule has 0 fully saturated rings. The Kier molecular flexibility index (Phi) is 5.82. The highest BCUT2D eigenvalue weighted by Gasteiger charge is 2.29. The van der Waals surface area contributed by atoms with Crippen LogP contribution in [-0.2, 0) is 4.79 Å². The average Bonchev–Trinajstić information content (AvgIpc) is 2.35. The monoisotopic (exact) mass is 290 g/mol. The lowest BCUT2D eigenvalue weighted by molar-refractivity contribution is -0.139. The molecule has 1 unspecified atom stereocenters. The number of ether oxygens (including phenoxy) is 1. The average molecular weight is 290 g/mol. The lowest BCUT2D eigenvalue weighted by atomic mass is 10.2. The summed E-state index contributed by atoms with van der Waals surface area (Å²) in [5.74, 6) is 0.254. The summed E-state index contributed by atoms with van der Waals surface area (Å²) in [5, 5.41) is 5.10. The zero-order chi connectivity index (χ0) is 15.2. The van der Waals surface area contributed by atoms with Gasteiger partial charge in [0, 0.05) is 11.7 Å². The van der Waals surface area contributed by atoms with Gasteiger partial charge in [0.15, 0.2) is 0 Å². The number of nitrogens with one attached hydrogen (secondary N) is 2. The molecule has 0 aliphatic rings. The number of alkyl halides is 3. The minimum Gasteiger partial charge on any atom is -0.497 e. The first-order valence-electron chi connectivity index (χ1n) is 6.04. The third-order valence-corrected chi connectivity index (χ3v) is 2.52. The SMILES string of the molecule is COc1ccc(NC(=O)CNC(C)CC(F)(F)F)cc1. The summed E-state index contributed by atoms with van der Waals surface area (Å²) >= 11 is 0. The van der Waals surface area contributed by atoms with Crippen molar-refractivity contribution >= 4 is 11.6 Å². The Balaban J connectivity index is 2.36. The van der Waals surface area contributed by atoms with Crippen molar-refractivity contribution in [2.75, 3.05) is 19.0 Å². The Morgan fingerprint density at radius 3 is 2.40 bits per heavy atom. The summed E-state index contributed by atoms with van der Waals surface area (Å²) in [7, 11) is 1.53. The number of anilines is 1.